The highest BCUT2D eigenvalue weighted by atomic mass is 32.1. The van der Waals surface area contributed by atoms with Gasteiger partial charge in [-0.2, -0.15) is 10.2 Å². The van der Waals surface area contributed by atoms with Gasteiger partial charge in [0.15, 0.2) is 0 Å². The van der Waals surface area contributed by atoms with E-state index in [9.17, 15) is 14.3 Å². The molecule has 40 heavy (non-hydrogen) atoms. The SMILES string of the molecule is C=C(C(C)N1C(=C)c2c(sc(-n3nccn3)c2C)N(C[C@H](O)c2cc(F)ccc2OC)C1=O)N(C)C(C)C.CN. The average Bonchev–Trinajstić information content (AvgIpc) is 3.59. The molecule has 10 nitrogen and oxygen atoms in total. The molecule has 1 unspecified atom stereocenters. The molecule has 1 aliphatic rings. The fourth-order valence-electron chi connectivity index (χ4n) is 4.55. The molecule has 1 aromatic carbocycles. The lowest BCUT2D eigenvalue weighted by Crippen LogP contribution is -2.52. The number of fused-ring (bicyclic) bond motifs is 1. The van der Waals surface area contributed by atoms with Gasteiger partial charge in [-0.3, -0.25) is 9.80 Å². The number of aromatic nitrogens is 3. The van der Waals surface area contributed by atoms with Crippen LogP contribution in [0.2, 0.25) is 0 Å². The predicted octanol–water partition coefficient (Wildman–Crippen LogP) is 4.55. The summed E-state index contributed by atoms with van der Waals surface area (Å²) in [5, 5.41) is 21.1. The minimum atomic E-state index is -1.23. The van der Waals surface area contributed by atoms with Gasteiger partial charge in [-0.05, 0) is 58.5 Å². The van der Waals surface area contributed by atoms with E-state index in [-0.39, 0.29) is 24.2 Å². The molecule has 2 amide bonds. The Balaban J connectivity index is 0.00000216. The summed E-state index contributed by atoms with van der Waals surface area (Å²) in [6, 6.07) is 3.31. The number of aliphatic hydroxyl groups excluding tert-OH is 1. The van der Waals surface area contributed by atoms with E-state index < -0.39 is 18.0 Å². The number of benzene rings is 1. The highest BCUT2D eigenvalue weighted by Crippen LogP contribution is 2.47. The van der Waals surface area contributed by atoms with Crippen molar-refractivity contribution >= 4 is 28.1 Å². The van der Waals surface area contributed by atoms with E-state index in [0.717, 1.165) is 21.8 Å². The third-order valence-corrected chi connectivity index (χ3v) is 8.25. The Morgan fingerprint density at radius 3 is 2.42 bits per heavy atom. The van der Waals surface area contributed by atoms with Crippen LogP contribution in [0.4, 0.5) is 14.2 Å². The number of aliphatic hydroxyl groups is 1. The molecule has 0 fully saturated rings. The van der Waals surface area contributed by atoms with Crippen LogP contribution in [0, 0.1) is 12.7 Å². The molecule has 0 aliphatic carbocycles. The third-order valence-electron chi connectivity index (χ3n) is 6.97. The number of halogens is 1. The number of β-amino-alcohol motifs (C(OH)–C–C–N with tert-alkyl or cyclic N) is 1. The second kappa shape index (κ2) is 12.6. The number of hydrogen-bond acceptors (Lipinski definition) is 8. The van der Waals surface area contributed by atoms with Crippen LogP contribution in [-0.4, -0.2) is 75.8 Å². The van der Waals surface area contributed by atoms with Crippen molar-refractivity contribution in [1.82, 2.24) is 24.8 Å². The lowest BCUT2D eigenvalue weighted by molar-refractivity contribution is 0.170. The number of amides is 2. The van der Waals surface area contributed by atoms with E-state index in [1.807, 2.05) is 39.6 Å². The van der Waals surface area contributed by atoms with Crippen molar-refractivity contribution in [3.05, 3.63) is 72.0 Å². The summed E-state index contributed by atoms with van der Waals surface area (Å²) in [6.07, 6.45) is 1.93. The summed E-state index contributed by atoms with van der Waals surface area (Å²) in [4.78, 5) is 20.7. The quantitative estimate of drug-likeness (QED) is 0.388. The Hall–Kier alpha value is -3.74. The number of urea groups is 1. The number of anilines is 1. The zero-order valence-corrected chi connectivity index (χ0v) is 24.9. The van der Waals surface area contributed by atoms with E-state index in [1.54, 1.807) is 17.3 Å². The van der Waals surface area contributed by atoms with Gasteiger partial charge in [0.25, 0.3) is 0 Å². The van der Waals surface area contributed by atoms with Crippen molar-refractivity contribution in [3.63, 3.8) is 0 Å². The number of methoxy groups -OCH3 is 1. The summed E-state index contributed by atoms with van der Waals surface area (Å²) in [6.45, 7) is 16.3. The number of rotatable bonds is 9. The van der Waals surface area contributed by atoms with Crippen molar-refractivity contribution < 1.29 is 19.0 Å². The van der Waals surface area contributed by atoms with Crippen LogP contribution in [0.1, 0.15) is 43.6 Å². The molecule has 0 saturated carbocycles. The lowest BCUT2D eigenvalue weighted by atomic mass is 10.0. The van der Waals surface area contributed by atoms with Gasteiger partial charge in [-0.15, -0.1) is 4.80 Å². The predicted molar refractivity (Wildman–Crippen MR) is 157 cm³/mol. The second-order valence-corrected chi connectivity index (χ2v) is 10.5. The maximum absolute atomic E-state index is 14.1. The molecular formula is C28H38FN7O3S. The fourth-order valence-corrected chi connectivity index (χ4v) is 5.80. The number of hydrogen-bond donors (Lipinski definition) is 2. The van der Waals surface area contributed by atoms with Crippen LogP contribution in [0.5, 0.6) is 5.75 Å². The molecule has 0 bridgehead atoms. The van der Waals surface area contributed by atoms with Gasteiger partial charge in [0.1, 0.15) is 27.7 Å². The monoisotopic (exact) mass is 571 g/mol. The Kier molecular flexibility index (Phi) is 9.72. The molecule has 0 spiro atoms. The number of ether oxygens (including phenoxy) is 1. The van der Waals surface area contributed by atoms with E-state index in [4.69, 9.17) is 4.74 Å². The first-order valence-electron chi connectivity index (χ1n) is 12.8. The van der Waals surface area contributed by atoms with E-state index in [2.05, 4.69) is 29.1 Å². The van der Waals surface area contributed by atoms with Crippen molar-refractivity contribution in [3.8, 4) is 10.8 Å². The summed E-state index contributed by atoms with van der Waals surface area (Å²) >= 11 is 1.33. The number of likely N-dealkylation sites (N-methyl/N-ethyl adjacent to an activating group) is 1. The van der Waals surface area contributed by atoms with E-state index >= 15 is 0 Å². The molecule has 3 heterocycles. The molecule has 12 heteroatoms. The average molecular weight is 572 g/mol. The molecule has 4 rings (SSSR count). The number of carbonyl (C=O) groups is 1. The highest BCUT2D eigenvalue weighted by Gasteiger charge is 2.41. The summed E-state index contributed by atoms with van der Waals surface area (Å²) in [7, 11) is 4.88. The third kappa shape index (κ3) is 5.60. The second-order valence-electron chi connectivity index (χ2n) is 9.51. The van der Waals surface area contributed by atoms with Gasteiger partial charge < -0.3 is 20.5 Å². The molecule has 216 valence electrons. The number of nitrogens with two attached hydrogens (primary N) is 1. The topological polar surface area (TPSA) is 113 Å². The van der Waals surface area contributed by atoms with Crippen LogP contribution >= 0.6 is 11.3 Å². The van der Waals surface area contributed by atoms with Crippen LogP contribution < -0.4 is 15.4 Å². The van der Waals surface area contributed by atoms with Crippen LogP contribution in [0.25, 0.3) is 10.7 Å². The minimum Gasteiger partial charge on any atom is -0.496 e. The standard InChI is InChI=1S/C27H33FN6O3S.CH5N/c1-15(2)31(7)17(4)18(5)33-19(6)24-16(3)25(34-29-11-12-30-34)38-26(24)32(27(33)36)14-22(35)21-13-20(28)9-10-23(21)37-8;1-2/h9-13,15,18,22,35H,4,6,14H2,1-3,5,7-8H3;2H2,1H3/t18?,22-;/m0./s1. The zero-order valence-electron chi connectivity index (χ0n) is 24.1. The van der Waals surface area contributed by atoms with Crippen molar-refractivity contribution in [2.24, 2.45) is 5.73 Å². The first-order valence-corrected chi connectivity index (χ1v) is 13.6. The Morgan fingerprint density at radius 2 is 1.85 bits per heavy atom. The van der Waals surface area contributed by atoms with Gasteiger partial charge in [0.05, 0.1) is 32.1 Å². The maximum Gasteiger partial charge on any atom is 0.330 e. The smallest absolute Gasteiger partial charge is 0.330 e. The Labute approximate surface area is 238 Å². The summed E-state index contributed by atoms with van der Waals surface area (Å²) in [5.74, 6) is -0.185. The normalized spacial score (nSPS) is 14.5. The molecule has 0 saturated heterocycles. The van der Waals surface area contributed by atoms with Gasteiger partial charge in [-0.1, -0.05) is 24.5 Å². The van der Waals surface area contributed by atoms with Gasteiger partial charge in [-0.25, -0.2) is 9.18 Å². The number of carbonyl (C=O) groups excluding carboxylic acids is 1. The van der Waals surface area contributed by atoms with Crippen molar-refractivity contribution in [1.29, 1.82) is 0 Å². The minimum absolute atomic E-state index is 0.138. The Morgan fingerprint density at radius 1 is 1.23 bits per heavy atom. The summed E-state index contributed by atoms with van der Waals surface area (Å²) < 4.78 is 19.5. The van der Waals surface area contributed by atoms with Gasteiger partial charge in [0, 0.05) is 35.6 Å². The van der Waals surface area contributed by atoms with Crippen molar-refractivity contribution in [2.45, 2.75) is 45.9 Å². The van der Waals surface area contributed by atoms with Crippen LogP contribution in [-0.2, 0) is 0 Å². The van der Waals surface area contributed by atoms with Crippen LogP contribution in [0.3, 0.4) is 0 Å². The summed E-state index contributed by atoms with van der Waals surface area (Å²) in [5.41, 5.74) is 7.62. The molecular weight excluding hydrogens is 533 g/mol. The fraction of sp³-hybridized carbons (Fsp3) is 0.393. The number of nitrogens with zero attached hydrogens (tertiary/aromatic N) is 6. The van der Waals surface area contributed by atoms with Crippen LogP contribution in [0.15, 0.2) is 49.4 Å². The largest absolute Gasteiger partial charge is 0.496 e. The van der Waals surface area contributed by atoms with Gasteiger partial charge in [0.2, 0.25) is 0 Å². The van der Waals surface area contributed by atoms with E-state index in [1.165, 1.54) is 53.4 Å². The Bertz CT molecular complexity index is 1370. The molecule has 2 aromatic heterocycles. The first kappa shape index (κ1) is 30.8. The van der Waals surface area contributed by atoms with E-state index in [0.29, 0.717) is 16.4 Å². The van der Waals surface area contributed by atoms with Crippen molar-refractivity contribution in [2.75, 3.05) is 32.6 Å². The zero-order chi connectivity index (χ0) is 29.9. The lowest BCUT2D eigenvalue weighted by Gasteiger charge is -2.43. The highest BCUT2D eigenvalue weighted by molar-refractivity contribution is 7.19. The van der Waals surface area contributed by atoms with Gasteiger partial charge >= 0.3 is 6.03 Å². The maximum atomic E-state index is 14.1. The number of thiophene rings is 1. The first-order chi connectivity index (χ1) is 19.0. The molecule has 3 N–H and O–H groups in total. The molecule has 0 radical (unpaired) electrons. The molecule has 2 atom stereocenters. The molecule has 3 aromatic rings. The molecule has 1 aliphatic heterocycles.